The highest BCUT2D eigenvalue weighted by atomic mass is 35.5. The van der Waals surface area contributed by atoms with Gasteiger partial charge in [-0.2, -0.15) is 0 Å². The number of halogens is 2. The molecule has 1 atom stereocenters. The molecule has 1 aliphatic heterocycles. The quantitative estimate of drug-likeness (QED) is 0.901. The Morgan fingerprint density at radius 2 is 2.00 bits per heavy atom. The van der Waals surface area contributed by atoms with Gasteiger partial charge in [0.15, 0.2) is 0 Å². The van der Waals surface area contributed by atoms with Gasteiger partial charge in [0.25, 0.3) is 0 Å². The molecule has 1 fully saturated rings. The molecule has 1 saturated heterocycles. The van der Waals surface area contributed by atoms with Crippen LogP contribution in [0.5, 0.6) is 0 Å². The molecular weight excluding hydrogens is 239 g/mol. The van der Waals surface area contributed by atoms with Crippen LogP contribution in [-0.4, -0.2) is 24.5 Å². The smallest absolute Gasteiger partial charge is 0.129 e. The van der Waals surface area contributed by atoms with E-state index >= 15 is 0 Å². The van der Waals surface area contributed by atoms with E-state index < -0.39 is 0 Å². The molecule has 94 valence electrons. The minimum atomic E-state index is -0.251. The van der Waals surface area contributed by atoms with Crippen molar-refractivity contribution in [3.05, 3.63) is 34.6 Å². The van der Waals surface area contributed by atoms with Gasteiger partial charge in [-0.25, -0.2) is 4.39 Å². The molecule has 17 heavy (non-hydrogen) atoms. The molecule has 4 heteroatoms. The average molecular weight is 257 g/mol. The van der Waals surface area contributed by atoms with Crippen LogP contribution in [0.4, 0.5) is 4.39 Å². The first-order valence-electron chi connectivity index (χ1n) is 6.12. The first-order chi connectivity index (χ1) is 8.24. The summed E-state index contributed by atoms with van der Waals surface area (Å²) >= 11 is 6.10. The van der Waals surface area contributed by atoms with Gasteiger partial charge in [-0.05, 0) is 38.1 Å². The van der Waals surface area contributed by atoms with Crippen LogP contribution in [0.3, 0.4) is 0 Å². The van der Waals surface area contributed by atoms with Gasteiger partial charge < -0.3 is 5.73 Å². The highest BCUT2D eigenvalue weighted by Gasteiger charge is 2.25. The van der Waals surface area contributed by atoms with Crippen LogP contribution in [0.15, 0.2) is 18.2 Å². The maximum atomic E-state index is 13.9. The number of hydrogen-bond acceptors (Lipinski definition) is 2. The molecule has 1 heterocycles. The molecule has 1 aliphatic rings. The van der Waals surface area contributed by atoms with Crippen LogP contribution in [0.2, 0.25) is 5.02 Å². The lowest BCUT2D eigenvalue weighted by Gasteiger charge is -2.34. The number of nitrogens with two attached hydrogens (primary N) is 1. The van der Waals surface area contributed by atoms with Gasteiger partial charge >= 0.3 is 0 Å². The van der Waals surface area contributed by atoms with Crippen molar-refractivity contribution in [3.8, 4) is 0 Å². The largest absolute Gasteiger partial charge is 0.329 e. The molecule has 0 spiro atoms. The van der Waals surface area contributed by atoms with Crippen LogP contribution >= 0.6 is 11.6 Å². The Hall–Kier alpha value is -0.640. The molecular formula is C13H18ClFN2. The van der Waals surface area contributed by atoms with Crippen molar-refractivity contribution in [2.75, 3.05) is 19.6 Å². The third-order valence-corrected chi connectivity index (χ3v) is 3.72. The maximum absolute atomic E-state index is 13.9. The highest BCUT2D eigenvalue weighted by molar-refractivity contribution is 6.31. The maximum Gasteiger partial charge on any atom is 0.129 e. The fourth-order valence-electron chi connectivity index (χ4n) is 2.51. The van der Waals surface area contributed by atoms with Crippen molar-refractivity contribution in [2.45, 2.75) is 25.3 Å². The monoisotopic (exact) mass is 256 g/mol. The molecule has 0 aliphatic carbocycles. The van der Waals surface area contributed by atoms with Gasteiger partial charge in [0.05, 0.1) is 6.04 Å². The van der Waals surface area contributed by atoms with E-state index in [1.807, 2.05) is 0 Å². The number of nitrogens with zero attached hydrogens (tertiary/aromatic N) is 1. The SMILES string of the molecule is NC[C@H](c1c(F)cccc1Cl)N1CCCCC1. The summed E-state index contributed by atoms with van der Waals surface area (Å²) in [5.41, 5.74) is 6.36. The number of hydrogen-bond donors (Lipinski definition) is 1. The second kappa shape index (κ2) is 5.80. The number of likely N-dealkylation sites (tertiary alicyclic amines) is 1. The van der Waals surface area contributed by atoms with Crippen molar-refractivity contribution in [3.63, 3.8) is 0 Å². The third-order valence-electron chi connectivity index (χ3n) is 3.39. The summed E-state index contributed by atoms with van der Waals surface area (Å²) in [5.74, 6) is -0.251. The van der Waals surface area contributed by atoms with E-state index in [4.69, 9.17) is 17.3 Å². The minimum absolute atomic E-state index is 0.0935. The summed E-state index contributed by atoms with van der Waals surface area (Å²) < 4.78 is 13.9. The van der Waals surface area contributed by atoms with Gasteiger partial charge in [-0.1, -0.05) is 24.1 Å². The molecule has 0 amide bonds. The van der Waals surface area contributed by atoms with Crippen LogP contribution in [-0.2, 0) is 0 Å². The van der Waals surface area contributed by atoms with Gasteiger partial charge in [-0.15, -0.1) is 0 Å². The minimum Gasteiger partial charge on any atom is -0.329 e. The van der Waals surface area contributed by atoms with Gasteiger partial charge in [-0.3, -0.25) is 4.90 Å². The van der Waals surface area contributed by atoms with E-state index in [9.17, 15) is 4.39 Å². The van der Waals surface area contributed by atoms with Crippen LogP contribution < -0.4 is 5.73 Å². The number of rotatable bonds is 3. The lowest BCUT2D eigenvalue weighted by Crippen LogP contribution is -2.38. The molecule has 2 nitrogen and oxygen atoms in total. The van der Waals surface area contributed by atoms with Crippen molar-refractivity contribution in [2.24, 2.45) is 5.73 Å². The van der Waals surface area contributed by atoms with Crippen molar-refractivity contribution in [1.82, 2.24) is 4.90 Å². The highest BCUT2D eigenvalue weighted by Crippen LogP contribution is 2.31. The molecule has 2 rings (SSSR count). The fraction of sp³-hybridized carbons (Fsp3) is 0.538. The summed E-state index contributed by atoms with van der Waals surface area (Å²) in [6.45, 7) is 2.36. The number of piperidine rings is 1. The normalized spacial score (nSPS) is 19.2. The van der Waals surface area contributed by atoms with E-state index in [1.165, 1.54) is 12.5 Å². The summed E-state index contributed by atoms with van der Waals surface area (Å²) in [4.78, 5) is 2.24. The molecule has 0 aromatic heterocycles. The fourth-order valence-corrected chi connectivity index (χ4v) is 2.80. The molecule has 1 aromatic carbocycles. The number of benzene rings is 1. The van der Waals surface area contributed by atoms with E-state index in [0.717, 1.165) is 25.9 Å². The molecule has 0 bridgehead atoms. The summed E-state index contributed by atoms with van der Waals surface area (Å²) in [6, 6.07) is 4.72. The lowest BCUT2D eigenvalue weighted by atomic mass is 10.0. The molecule has 1 aromatic rings. The topological polar surface area (TPSA) is 29.3 Å². The summed E-state index contributed by atoms with van der Waals surface area (Å²) in [7, 11) is 0. The predicted molar refractivity (Wildman–Crippen MR) is 68.6 cm³/mol. The molecule has 0 radical (unpaired) electrons. The van der Waals surface area contributed by atoms with E-state index in [0.29, 0.717) is 17.1 Å². The lowest BCUT2D eigenvalue weighted by molar-refractivity contribution is 0.164. The van der Waals surface area contributed by atoms with Crippen LogP contribution in [0.1, 0.15) is 30.9 Å². The van der Waals surface area contributed by atoms with Gasteiger partial charge in [0, 0.05) is 17.1 Å². The predicted octanol–water partition coefficient (Wildman–Crippen LogP) is 2.96. The van der Waals surface area contributed by atoms with Crippen molar-refractivity contribution < 1.29 is 4.39 Å². The Kier molecular flexibility index (Phi) is 4.37. The zero-order valence-electron chi connectivity index (χ0n) is 9.83. The first kappa shape index (κ1) is 12.8. The Morgan fingerprint density at radius 3 is 2.59 bits per heavy atom. The van der Waals surface area contributed by atoms with Crippen molar-refractivity contribution in [1.29, 1.82) is 0 Å². The Balaban J connectivity index is 2.27. The van der Waals surface area contributed by atoms with Crippen LogP contribution in [0.25, 0.3) is 0 Å². The Labute approximate surface area is 107 Å². The zero-order chi connectivity index (χ0) is 12.3. The second-order valence-electron chi connectivity index (χ2n) is 4.48. The standard InChI is InChI=1S/C13H18ClFN2/c14-10-5-4-6-11(15)13(10)12(9-16)17-7-2-1-3-8-17/h4-6,12H,1-3,7-9,16H2/t12-/m1/s1. The average Bonchev–Trinajstić information content (AvgIpc) is 2.35. The van der Waals surface area contributed by atoms with Gasteiger partial charge in [0.2, 0.25) is 0 Å². The van der Waals surface area contributed by atoms with E-state index in [1.54, 1.807) is 12.1 Å². The van der Waals surface area contributed by atoms with Crippen molar-refractivity contribution >= 4 is 11.6 Å². The van der Waals surface area contributed by atoms with Crippen LogP contribution in [0, 0.1) is 5.82 Å². The molecule has 0 saturated carbocycles. The molecule has 2 N–H and O–H groups in total. The first-order valence-corrected chi connectivity index (χ1v) is 6.50. The zero-order valence-corrected chi connectivity index (χ0v) is 10.6. The van der Waals surface area contributed by atoms with Gasteiger partial charge in [0.1, 0.15) is 5.82 Å². The molecule has 0 unspecified atom stereocenters. The third kappa shape index (κ3) is 2.79. The Morgan fingerprint density at radius 1 is 1.29 bits per heavy atom. The van der Waals surface area contributed by atoms with E-state index in [-0.39, 0.29) is 11.9 Å². The second-order valence-corrected chi connectivity index (χ2v) is 4.89. The summed E-state index contributed by atoms with van der Waals surface area (Å²) in [5, 5.41) is 0.478. The van der Waals surface area contributed by atoms with E-state index in [2.05, 4.69) is 4.90 Å². The summed E-state index contributed by atoms with van der Waals surface area (Å²) in [6.07, 6.45) is 3.56. The Bertz CT molecular complexity index is 357.